The van der Waals surface area contributed by atoms with Crippen molar-refractivity contribution >= 4 is 27.9 Å². The van der Waals surface area contributed by atoms with E-state index in [-0.39, 0.29) is 28.0 Å². The number of imide groups is 1. The maximum atomic E-state index is 14.6. The van der Waals surface area contributed by atoms with E-state index in [2.05, 4.69) is 4.28 Å². The number of ether oxygens (including phenoxy) is 1. The topological polar surface area (TPSA) is 107 Å². The Labute approximate surface area is 190 Å². The maximum absolute atomic E-state index is 14.6. The molecule has 2 amide bonds. The van der Waals surface area contributed by atoms with E-state index in [1.54, 1.807) is 0 Å². The SMILES string of the molecule is CC1CC2CC(C)CC(C(=O)OCC(F)(F)S(=O)(=O)ON3C(=O)c4ccccc4C3=O)(C1)C2. The summed E-state index contributed by atoms with van der Waals surface area (Å²) in [4.78, 5) is 37.4. The smallest absolute Gasteiger partial charge is 0.404 e. The molecule has 11 heteroatoms. The highest BCUT2D eigenvalue weighted by molar-refractivity contribution is 7.87. The fourth-order valence-corrected chi connectivity index (χ4v) is 6.36. The summed E-state index contributed by atoms with van der Waals surface area (Å²) in [5.41, 5.74) is -1.25. The van der Waals surface area contributed by atoms with E-state index in [0.717, 1.165) is 12.8 Å². The summed E-state index contributed by atoms with van der Waals surface area (Å²) in [6.07, 6.45) is 3.44. The van der Waals surface area contributed by atoms with E-state index < -0.39 is 45.2 Å². The van der Waals surface area contributed by atoms with Crippen molar-refractivity contribution in [2.45, 2.75) is 51.2 Å². The Morgan fingerprint density at radius 2 is 1.58 bits per heavy atom. The lowest BCUT2D eigenvalue weighted by molar-refractivity contribution is -0.171. The number of hydrogen-bond acceptors (Lipinski definition) is 7. The Kier molecular flexibility index (Phi) is 5.84. The number of halogens is 2. The van der Waals surface area contributed by atoms with E-state index in [4.69, 9.17) is 4.74 Å². The quantitative estimate of drug-likeness (QED) is 0.448. The predicted octanol–water partition coefficient (Wildman–Crippen LogP) is 3.53. The van der Waals surface area contributed by atoms with Crippen LogP contribution in [0.2, 0.25) is 0 Å². The van der Waals surface area contributed by atoms with Crippen LogP contribution in [0.5, 0.6) is 0 Å². The first kappa shape index (κ1) is 23.7. The first-order valence-electron chi connectivity index (χ1n) is 10.8. The number of alkyl halides is 2. The van der Waals surface area contributed by atoms with Gasteiger partial charge in [0.2, 0.25) is 0 Å². The third-order valence-electron chi connectivity index (χ3n) is 6.73. The molecule has 2 atom stereocenters. The van der Waals surface area contributed by atoms with Gasteiger partial charge in [0, 0.05) is 0 Å². The number of benzene rings is 1. The number of nitrogens with zero attached hydrogens (tertiary/aromatic N) is 1. The molecule has 1 aromatic carbocycles. The van der Waals surface area contributed by atoms with E-state index in [9.17, 15) is 31.6 Å². The molecular weight excluding hydrogens is 460 g/mol. The molecule has 2 unspecified atom stereocenters. The average Bonchev–Trinajstić information content (AvgIpc) is 2.95. The lowest BCUT2D eigenvalue weighted by Gasteiger charge is -2.48. The van der Waals surface area contributed by atoms with Gasteiger partial charge in [0.15, 0.2) is 6.61 Å². The lowest BCUT2D eigenvalue weighted by atomic mass is 9.57. The van der Waals surface area contributed by atoms with Crippen molar-refractivity contribution in [3.8, 4) is 0 Å². The second-order valence-electron chi connectivity index (χ2n) is 9.63. The van der Waals surface area contributed by atoms with E-state index in [0.29, 0.717) is 25.2 Å². The number of esters is 1. The normalized spacial score (nSPS) is 29.7. The molecule has 4 rings (SSSR count). The average molecular weight is 486 g/mol. The number of fused-ring (bicyclic) bond motifs is 3. The Balaban J connectivity index is 1.45. The molecule has 1 heterocycles. The van der Waals surface area contributed by atoms with Gasteiger partial charge in [-0.3, -0.25) is 14.4 Å². The first-order chi connectivity index (χ1) is 15.4. The monoisotopic (exact) mass is 485 g/mol. The summed E-state index contributed by atoms with van der Waals surface area (Å²) in [5.74, 6) is -2.45. The van der Waals surface area contributed by atoms with Crippen molar-refractivity contribution in [2.75, 3.05) is 6.61 Å². The fourth-order valence-electron chi connectivity index (χ4n) is 5.72. The van der Waals surface area contributed by atoms with E-state index in [1.807, 2.05) is 13.8 Å². The molecule has 0 saturated heterocycles. The molecule has 2 fully saturated rings. The highest BCUT2D eigenvalue weighted by Crippen LogP contribution is 2.53. The summed E-state index contributed by atoms with van der Waals surface area (Å²) >= 11 is 0. The highest BCUT2D eigenvalue weighted by atomic mass is 32.2. The van der Waals surface area contributed by atoms with Crippen LogP contribution in [0.4, 0.5) is 8.78 Å². The van der Waals surface area contributed by atoms with Crippen LogP contribution in [0.15, 0.2) is 24.3 Å². The van der Waals surface area contributed by atoms with Gasteiger partial charge in [-0.25, -0.2) is 0 Å². The molecule has 2 bridgehead atoms. The zero-order valence-electron chi connectivity index (χ0n) is 18.3. The molecule has 1 aromatic rings. The van der Waals surface area contributed by atoms with Crippen LogP contribution >= 0.6 is 0 Å². The van der Waals surface area contributed by atoms with Crippen molar-refractivity contribution in [2.24, 2.45) is 23.2 Å². The number of rotatable bonds is 6. The Bertz CT molecular complexity index is 1050. The van der Waals surface area contributed by atoms with Gasteiger partial charge >= 0.3 is 21.3 Å². The zero-order chi connectivity index (χ0) is 24.2. The predicted molar refractivity (Wildman–Crippen MR) is 110 cm³/mol. The Morgan fingerprint density at radius 3 is 2.09 bits per heavy atom. The van der Waals surface area contributed by atoms with Gasteiger partial charge in [-0.1, -0.05) is 26.0 Å². The van der Waals surface area contributed by atoms with Crippen molar-refractivity contribution < 1.29 is 40.6 Å². The number of carbonyl (C=O) groups is 3. The molecule has 2 saturated carbocycles. The van der Waals surface area contributed by atoms with Crippen LogP contribution in [0.25, 0.3) is 0 Å². The summed E-state index contributed by atoms with van der Waals surface area (Å²) in [6, 6.07) is 5.35. The van der Waals surface area contributed by atoms with Gasteiger partial charge in [0.25, 0.3) is 11.8 Å². The van der Waals surface area contributed by atoms with Crippen LogP contribution in [-0.4, -0.2) is 43.1 Å². The zero-order valence-corrected chi connectivity index (χ0v) is 19.1. The standard InChI is InChI=1S/C22H25F2NO7S/c1-13-7-15-8-14(2)10-21(9-13,11-15)20(28)31-12-22(23,24)33(29,30)32-25-18(26)16-5-3-4-6-17(16)19(25)27/h3-6,13-15H,7-12H2,1-2H3. The number of carbonyl (C=O) groups excluding carboxylic acids is 3. The molecule has 3 aliphatic rings. The van der Waals surface area contributed by atoms with Crippen molar-refractivity contribution in [1.29, 1.82) is 0 Å². The molecule has 2 aliphatic carbocycles. The summed E-state index contributed by atoms with van der Waals surface area (Å²) in [6.45, 7) is 2.23. The first-order valence-corrected chi connectivity index (χ1v) is 12.2. The molecule has 0 radical (unpaired) electrons. The number of hydrogen-bond donors (Lipinski definition) is 0. The largest absolute Gasteiger partial charge is 0.458 e. The second kappa shape index (κ2) is 8.12. The summed E-state index contributed by atoms with van der Waals surface area (Å²) < 4.78 is 62.8. The minimum atomic E-state index is -5.82. The molecule has 1 aliphatic heterocycles. The molecule has 180 valence electrons. The van der Waals surface area contributed by atoms with Crippen molar-refractivity contribution in [1.82, 2.24) is 5.06 Å². The lowest BCUT2D eigenvalue weighted by Crippen LogP contribution is -2.47. The Morgan fingerprint density at radius 1 is 1.06 bits per heavy atom. The molecule has 0 aromatic heterocycles. The van der Waals surface area contributed by atoms with Gasteiger partial charge in [-0.05, 0) is 62.0 Å². The molecule has 0 spiro atoms. The summed E-state index contributed by atoms with van der Waals surface area (Å²) in [7, 11) is -5.82. The summed E-state index contributed by atoms with van der Waals surface area (Å²) in [5, 5.41) is -4.89. The Hall–Kier alpha value is -2.40. The van der Waals surface area contributed by atoms with Gasteiger partial charge < -0.3 is 4.74 Å². The molecule has 8 nitrogen and oxygen atoms in total. The highest BCUT2D eigenvalue weighted by Gasteiger charge is 2.55. The van der Waals surface area contributed by atoms with Gasteiger partial charge in [0.05, 0.1) is 16.5 Å². The van der Waals surface area contributed by atoms with E-state index in [1.165, 1.54) is 24.3 Å². The van der Waals surface area contributed by atoms with Crippen LogP contribution in [0.1, 0.15) is 66.7 Å². The number of amides is 2. The van der Waals surface area contributed by atoms with Crippen LogP contribution in [0.3, 0.4) is 0 Å². The van der Waals surface area contributed by atoms with Gasteiger partial charge in [0.1, 0.15) is 0 Å². The third-order valence-corrected chi connectivity index (χ3v) is 7.92. The van der Waals surface area contributed by atoms with Gasteiger partial charge in [-0.2, -0.15) is 17.2 Å². The molecule has 0 N–H and O–H groups in total. The third kappa shape index (κ3) is 4.16. The minimum absolute atomic E-state index is 0.168. The molecular formula is C22H25F2NO7S. The van der Waals surface area contributed by atoms with Crippen LogP contribution < -0.4 is 0 Å². The minimum Gasteiger partial charge on any atom is -0.458 e. The molecule has 33 heavy (non-hydrogen) atoms. The fraction of sp³-hybridized carbons (Fsp3) is 0.591. The maximum Gasteiger partial charge on any atom is 0.404 e. The van der Waals surface area contributed by atoms with Gasteiger partial charge in [-0.15, -0.1) is 9.35 Å². The van der Waals surface area contributed by atoms with Crippen LogP contribution in [0, 0.1) is 23.2 Å². The second-order valence-corrected chi connectivity index (χ2v) is 11.3. The van der Waals surface area contributed by atoms with Crippen molar-refractivity contribution in [3.05, 3.63) is 35.4 Å². The van der Waals surface area contributed by atoms with Crippen molar-refractivity contribution in [3.63, 3.8) is 0 Å². The number of hydroxylamine groups is 2. The van der Waals surface area contributed by atoms with E-state index >= 15 is 0 Å². The van der Waals surface area contributed by atoms with Crippen LogP contribution in [-0.2, 0) is 23.9 Å².